The highest BCUT2D eigenvalue weighted by atomic mass is 32.2. The molecular weight excluding hydrogens is 513 g/mol. The van der Waals surface area contributed by atoms with E-state index in [1.54, 1.807) is 29.8 Å². The van der Waals surface area contributed by atoms with Crippen LogP contribution in [0.25, 0.3) is 10.2 Å². The van der Waals surface area contributed by atoms with Crippen molar-refractivity contribution in [1.82, 2.24) is 14.7 Å². The van der Waals surface area contributed by atoms with Crippen molar-refractivity contribution in [2.45, 2.75) is 42.7 Å². The van der Waals surface area contributed by atoms with Crippen molar-refractivity contribution in [1.29, 1.82) is 0 Å². The Morgan fingerprint density at radius 2 is 1.89 bits per heavy atom. The zero-order valence-corrected chi connectivity index (χ0v) is 22.2. The normalized spacial score (nSPS) is 15.5. The van der Waals surface area contributed by atoms with Crippen molar-refractivity contribution < 1.29 is 13.2 Å². The Morgan fingerprint density at radius 3 is 2.67 bits per heavy atom. The molecule has 2 heterocycles. The van der Waals surface area contributed by atoms with Crippen LogP contribution in [0.5, 0.6) is 0 Å². The van der Waals surface area contributed by atoms with Gasteiger partial charge in [-0.25, -0.2) is 23.1 Å². The molecule has 4 aromatic rings. The number of thioether (sulfide) groups is 1. The molecule has 0 aliphatic heterocycles. The van der Waals surface area contributed by atoms with Crippen LogP contribution in [0.3, 0.4) is 0 Å². The molecule has 5 rings (SSSR count). The fourth-order valence-electron chi connectivity index (χ4n) is 4.26. The second-order valence-corrected chi connectivity index (χ2v) is 12.7. The third-order valence-electron chi connectivity index (χ3n) is 6.15. The molecule has 186 valence electrons. The molecule has 2 N–H and O–H groups in total. The first-order valence-corrected chi connectivity index (χ1v) is 15.0. The monoisotopic (exact) mass is 538 g/mol. The zero-order chi connectivity index (χ0) is 25.1. The molecule has 0 fully saturated rings. The highest BCUT2D eigenvalue weighted by Crippen LogP contribution is 2.40. The number of nitrogens with zero attached hydrogens (tertiary/aromatic N) is 2. The number of benzene rings is 2. The number of sulfonamides is 1. The van der Waals surface area contributed by atoms with Crippen molar-refractivity contribution >= 4 is 54.9 Å². The maximum absolute atomic E-state index is 12.6. The second-order valence-electron chi connectivity index (χ2n) is 8.88. The van der Waals surface area contributed by atoms with Crippen LogP contribution in [-0.2, 0) is 34.2 Å². The summed E-state index contributed by atoms with van der Waals surface area (Å²) in [6.45, 7) is 2.49. The molecule has 2 aromatic carbocycles. The third kappa shape index (κ3) is 5.62. The van der Waals surface area contributed by atoms with Crippen molar-refractivity contribution in [3.8, 4) is 0 Å². The molecule has 0 saturated heterocycles. The lowest BCUT2D eigenvalue weighted by atomic mass is 9.89. The maximum Gasteiger partial charge on any atom is 0.240 e. The van der Waals surface area contributed by atoms with Crippen molar-refractivity contribution in [2.24, 2.45) is 5.92 Å². The average molecular weight is 539 g/mol. The SMILES string of the molecule is CC1CCc2c(sc3ncnc(SCC(=O)Nc4ccc(S(=O)(=O)NCc5ccccc5)cc4)c23)C1. The quantitative estimate of drug-likeness (QED) is 0.241. The maximum atomic E-state index is 12.6. The smallest absolute Gasteiger partial charge is 0.240 e. The molecule has 2 aromatic heterocycles. The Bertz CT molecular complexity index is 1490. The molecule has 1 aliphatic rings. The van der Waals surface area contributed by atoms with Crippen LogP contribution < -0.4 is 10.0 Å². The van der Waals surface area contributed by atoms with Crippen molar-refractivity contribution in [3.63, 3.8) is 0 Å². The number of hydrogen-bond acceptors (Lipinski definition) is 7. The Hall–Kier alpha value is -2.79. The minimum absolute atomic E-state index is 0.144. The first-order chi connectivity index (χ1) is 17.4. The van der Waals surface area contributed by atoms with Crippen LogP contribution in [0.1, 0.15) is 29.3 Å². The molecule has 0 bridgehead atoms. The lowest BCUT2D eigenvalue weighted by molar-refractivity contribution is -0.113. The first-order valence-electron chi connectivity index (χ1n) is 11.7. The van der Waals surface area contributed by atoms with Gasteiger partial charge in [0.1, 0.15) is 16.2 Å². The van der Waals surface area contributed by atoms with Crippen LogP contribution in [-0.4, -0.2) is 30.0 Å². The van der Waals surface area contributed by atoms with Crippen LogP contribution in [0.2, 0.25) is 0 Å². The summed E-state index contributed by atoms with van der Waals surface area (Å²) in [6, 6.07) is 15.5. The summed E-state index contributed by atoms with van der Waals surface area (Å²) in [5.41, 5.74) is 2.76. The summed E-state index contributed by atoms with van der Waals surface area (Å²) in [6.07, 6.45) is 4.83. The molecule has 1 unspecified atom stereocenters. The average Bonchev–Trinajstić information content (AvgIpc) is 3.25. The van der Waals surface area contributed by atoms with Crippen molar-refractivity contribution in [2.75, 3.05) is 11.1 Å². The minimum Gasteiger partial charge on any atom is -0.325 e. The van der Waals surface area contributed by atoms with E-state index in [0.29, 0.717) is 11.6 Å². The number of amides is 1. The van der Waals surface area contributed by atoms with Crippen LogP contribution in [0.4, 0.5) is 5.69 Å². The van der Waals surface area contributed by atoms with E-state index in [4.69, 9.17) is 0 Å². The van der Waals surface area contributed by atoms with Gasteiger partial charge in [0.15, 0.2) is 0 Å². The Morgan fingerprint density at radius 1 is 1.11 bits per heavy atom. The molecule has 7 nitrogen and oxygen atoms in total. The second kappa shape index (κ2) is 10.7. The molecule has 0 spiro atoms. The van der Waals surface area contributed by atoms with Gasteiger partial charge in [0.25, 0.3) is 0 Å². The molecule has 1 aliphatic carbocycles. The van der Waals surface area contributed by atoms with Gasteiger partial charge >= 0.3 is 0 Å². The molecule has 0 radical (unpaired) electrons. The predicted octanol–water partition coefficient (Wildman–Crippen LogP) is 5.03. The number of nitrogens with one attached hydrogen (secondary N) is 2. The summed E-state index contributed by atoms with van der Waals surface area (Å²) >= 11 is 3.15. The fraction of sp³-hybridized carbons (Fsp3) is 0.269. The summed E-state index contributed by atoms with van der Waals surface area (Å²) in [4.78, 5) is 24.1. The van der Waals surface area contributed by atoms with Gasteiger partial charge in [-0.1, -0.05) is 49.0 Å². The van der Waals surface area contributed by atoms with E-state index < -0.39 is 10.0 Å². The van der Waals surface area contributed by atoms with Gasteiger partial charge in [0.05, 0.1) is 10.6 Å². The van der Waals surface area contributed by atoms with Crippen LogP contribution in [0, 0.1) is 5.92 Å². The lowest BCUT2D eigenvalue weighted by Gasteiger charge is -2.18. The Labute approximate surface area is 218 Å². The van der Waals surface area contributed by atoms with Gasteiger partial charge in [-0.15, -0.1) is 11.3 Å². The van der Waals surface area contributed by atoms with Gasteiger partial charge in [0, 0.05) is 22.5 Å². The number of thiophene rings is 1. The van der Waals surface area contributed by atoms with E-state index in [2.05, 4.69) is 26.9 Å². The molecular formula is C26H26N4O3S3. The molecule has 10 heteroatoms. The summed E-state index contributed by atoms with van der Waals surface area (Å²) in [7, 11) is -3.66. The topological polar surface area (TPSA) is 101 Å². The molecule has 0 saturated carbocycles. The highest BCUT2D eigenvalue weighted by molar-refractivity contribution is 8.00. The minimum atomic E-state index is -3.66. The van der Waals surface area contributed by atoms with E-state index in [1.165, 1.54) is 34.3 Å². The molecule has 1 atom stereocenters. The van der Waals surface area contributed by atoms with Gasteiger partial charge < -0.3 is 5.32 Å². The van der Waals surface area contributed by atoms with Crippen LogP contribution >= 0.6 is 23.1 Å². The van der Waals surface area contributed by atoms with Crippen molar-refractivity contribution in [3.05, 3.63) is 76.9 Å². The first kappa shape index (κ1) is 24.9. The van der Waals surface area contributed by atoms with E-state index in [0.717, 1.165) is 40.1 Å². The molecule has 1 amide bonds. The van der Waals surface area contributed by atoms with E-state index >= 15 is 0 Å². The number of rotatable bonds is 8. The highest BCUT2D eigenvalue weighted by Gasteiger charge is 2.23. The number of aryl methyl sites for hydroxylation is 1. The largest absolute Gasteiger partial charge is 0.325 e. The Kier molecular flexibility index (Phi) is 7.38. The van der Waals surface area contributed by atoms with Gasteiger partial charge in [-0.3, -0.25) is 4.79 Å². The predicted molar refractivity (Wildman–Crippen MR) is 145 cm³/mol. The number of carbonyl (C=O) groups excluding carboxylic acids is 1. The van der Waals surface area contributed by atoms with Gasteiger partial charge in [0.2, 0.25) is 15.9 Å². The number of aromatic nitrogens is 2. The lowest BCUT2D eigenvalue weighted by Crippen LogP contribution is -2.23. The number of fused-ring (bicyclic) bond motifs is 3. The molecule has 36 heavy (non-hydrogen) atoms. The van der Waals surface area contributed by atoms with Crippen LogP contribution in [0.15, 0.2) is 70.8 Å². The third-order valence-corrected chi connectivity index (χ3v) is 9.72. The number of carbonyl (C=O) groups is 1. The summed E-state index contributed by atoms with van der Waals surface area (Å²) in [5.74, 6) is 0.704. The zero-order valence-electron chi connectivity index (χ0n) is 19.7. The fourth-order valence-corrected chi connectivity index (χ4v) is 7.52. The standard InChI is InChI=1S/C26H26N4O3S3/c1-17-7-12-21-22(13-17)35-26-24(21)25(27-16-28-26)34-15-23(31)30-19-8-10-20(11-9-19)36(32,33)29-14-18-5-3-2-4-6-18/h2-6,8-11,16-17,29H,7,12-15H2,1H3,(H,30,31). The summed E-state index contributed by atoms with van der Waals surface area (Å²) in [5, 5.41) is 4.78. The van der Waals surface area contributed by atoms with Gasteiger partial charge in [-0.2, -0.15) is 0 Å². The summed E-state index contributed by atoms with van der Waals surface area (Å²) < 4.78 is 27.8. The van der Waals surface area contributed by atoms with E-state index in [1.807, 2.05) is 30.3 Å². The number of hydrogen-bond donors (Lipinski definition) is 2. The van der Waals surface area contributed by atoms with Gasteiger partial charge in [-0.05, 0) is 60.6 Å². The number of anilines is 1. The van der Waals surface area contributed by atoms with E-state index in [9.17, 15) is 13.2 Å². The Balaban J connectivity index is 1.20. The van der Waals surface area contributed by atoms with E-state index in [-0.39, 0.29) is 23.1 Å².